The Morgan fingerprint density at radius 2 is 1.94 bits per heavy atom. The summed E-state index contributed by atoms with van der Waals surface area (Å²) >= 11 is 1.22. The van der Waals surface area contributed by atoms with Crippen LogP contribution in [-0.4, -0.2) is 40.2 Å². The third-order valence-corrected chi connectivity index (χ3v) is 5.49. The highest BCUT2D eigenvalue weighted by molar-refractivity contribution is 7.97. The maximum Gasteiger partial charge on any atom is 0.137 e. The SMILES string of the molecule is N#Cc1cc(-c2ccnc(Cc3cccc(SN)c3)n2)ccc1OC1CCOCC1.O.O. The zero-order chi connectivity index (χ0) is 20.8. The van der Waals surface area contributed by atoms with Gasteiger partial charge in [0.1, 0.15) is 23.7 Å². The van der Waals surface area contributed by atoms with E-state index in [0.717, 1.165) is 34.6 Å². The van der Waals surface area contributed by atoms with Gasteiger partial charge >= 0.3 is 0 Å². The molecule has 9 heteroatoms. The summed E-state index contributed by atoms with van der Waals surface area (Å²) in [5, 5.41) is 15.3. The van der Waals surface area contributed by atoms with Crippen molar-refractivity contribution in [2.24, 2.45) is 5.14 Å². The fraction of sp³-hybridized carbons (Fsp3) is 0.261. The summed E-state index contributed by atoms with van der Waals surface area (Å²) in [5.41, 5.74) is 3.24. The maximum absolute atomic E-state index is 9.62. The van der Waals surface area contributed by atoms with E-state index in [2.05, 4.69) is 11.1 Å². The van der Waals surface area contributed by atoms with E-state index in [4.69, 9.17) is 19.6 Å². The second kappa shape index (κ2) is 12.1. The van der Waals surface area contributed by atoms with Crippen molar-refractivity contribution >= 4 is 11.9 Å². The molecule has 1 aliphatic heterocycles. The first-order valence-electron chi connectivity index (χ1n) is 9.81. The molecule has 1 fully saturated rings. The van der Waals surface area contributed by atoms with E-state index in [0.29, 0.717) is 36.8 Å². The molecule has 0 atom stereocenters. The van der Waals surface area contributed by atoms with Gasteiger partial charge in [-0.2, -0.15) is 5.26 Å². The molecular weight excluding hydrogens is 428 g/mol. The lowest BCUT2D eigenvalue weighted by atomic mass is 10.1. The fourth-order valence-electron chi connectivity index (χ4n) is 3.41. The number of benzene rings is 2. The molecule has 6 N–H and O–H groups in total. The summed E-state index contributed by atoms with van der Waals surface area (Å²) < 4.78 is 11.4. The summed E-state index contributed by atoms with van der Waals surface area (Å²) in [7, 11) is 0. The molecule has 2 aromatic carbocycles. The van der Waals surface area contributed by atoms with E-state index < -0.39 is 0 Å². The molecule has 3 aromatic rings. The Labute approximate surface area is 191 Å². The Bertz CT molecular complexity index is 1070. The van der Waals surface area contributed by atoms with Crippen LogP contribution < -0.4 is 9.88 Å². The number of nitrogens with zero attached hydrogens (tertiary/aromatic N) is 3. The van der Waals surface area contributed by atoms with Crippen molar-refractivity contribution in [2.75, 3.05) is 13.2 Å². The van der Waals surface area contributed by atoms with Crippen LogP contribution in [0.2, 0.25) is 0 Å². The van der Waals surface area contributed by atoms with Crippen LogP contribution in [0.3, 0.4) is 0 Å². The molecule has 0 bridgehead atoms. The summed E-state index contributed by atoms with van der Waals surface area (Å²) in [6, 6.07) is 17.7. The zero-order valence-electron chi connectivity index (χ0n) is 17.5. The second-order valence-electron chi connectivity index (χ2n) is 7.05. The normalized spacial score (nSPS) is 13.4. The minimum absolute atomic E-state index is 0. The third-order valence-electron chi connectivity index (χ3n) is 4.96. The van der Waals surface area contributed by atoms with Gasteiger partial charge in [-0.1, -0.05) is 12.1 Å². The molecule has 1 saturated heterocycles. The van der Waals surface area contributed by atoms with E-state index in [1.54, 1.807) is 6.20 Å². The zero-order valence-corrected chi connectivity index (χ0v) is 18.3. The summed E-state index contributed by atoms with van der Waals surface area (Å²) in [6.45, 7) is 1.39. The molecule has 2 heterocycles. The van der Waals surface area contributed by atoms with Gasteiger partial charge in [0.2, 0.25) is 0 Å². The molecule has 8 nitrogen and oxygen atoms in total. The molecule has 0 aliphatic carbocycles. The van der Waals surface area contributed by atoms with Crippen LogP contribution in [-0.2, 0) is 11.2 Å². The molecule has 1 aromatic heterocycles. The maximum atomic E-state index is 9.62. The first kappa shape index (κ1) is 25.3. The van der Waals surface area contributed by atoms with Crippen LogP contribution >= 0.6 is 11.9 Å². The number of hydrogen-bond donors (Lipinski definition) is 1. The van der Waals surface area contributed by atoms with Crippen LogP contribution in [0, 0.1) is 11.3 Å². The number of nitrogens with two attached hydrogens (primary N) is 1. The van der Waals surface area contributed by atoms with Crippen LogP contribution in [0.5, 0.6) is 5.75 Å². The summed E-state index contributed by atoms with van der Waals surface area (Å²) in [4.78, 5) is 10.1. The largest absolute Gasteiger partial charge is 0.489 e. The predicted molar refractivity (Wildman–Crippen MR) is 123 cm³/mol. The summed E-state index contributed by atoms with van der Waals surface area (Å²) in [5.74, 6) is 1.33. The van der Waals surface area contributed by atoms with Crippen molar-refractivity contribution in [1.29, 1.82) is 5.26 Å². The molecule has 168 valence electrons. The van der Waals surface area contributed by atoms with Gasteiger partial charge in [-0.15, -0.1) is 0 Å². The van der Waals surface area contributed by atoms with Gasteiger partial charge in [-0.05, 0) is 53.9 Å². The second-order valence-corrected chi connectivity index (χ2v) is 7.76. The van der Waals surface area contributed by atoms with E-state index in [9.17, 15) is 5.26 Å². The minimum atomic E-state index is 0. The lowest BCUT2D eigenvalue weighted by Crippen LogP contribution is -2.26. The average Bonchev–Trinajstić information content (AvgIpc) is 2.80. The van der Waals surface area contributed by atoms with Crippen LogP contribution in [0.1, 0.15) is 29.8 Å². The lowest BCUT2D eigenvalue weighted by molar-refractivity contribution is 0.0254. The van der Waals surface area contributed by atoms with Crippen molar-refractivity contribution in [3.8, 4) is 23.1 Å². The van der Waals surface area contributed by atoms with Gasteiger partial charge in [-0.3, -0.25) is 5.14 Å². The van der Waals surface area contributed by atoms with Crippen LogP contribution in [0.25, 0.3) is 11.3 Å². The lowest BCUT2D eigenvalue weighted by Gasteiger charge is -2.23. The van der Waals surface area contributed by atoms with E-state index in [1.807, 2.05) is 48.5 Å². The monoisotopic (exact) mass is 454 g/mol. The topological polar surface area (TPSA) is 157 Å². The molecule has 4 rings (SSSR count). The number of ether oxygens (including phenoxy) is 2. The first-order chi connectivity index (χ1) is 14.7. The first-order valence-corrected chi connectivity index (χ1v) is 10.7. The number of rotatable bonds is 6. The third kappa shape index (κ3) is 6.26. The van der Waals surface area contributed by atoms with Crippen molar-refractivity contribution in [1.82, 2.24) is 9.97 Å². The van der Waals surface area contributed by atoms with Crippen LogP contribution in [0.4, 0.5) is 0 Å². The van der Waals surface area contributed by atoms with E-state index >= 15 is 0 Å². The van der Waals surface area contributed by atoms with Crippen molar-refractivity contribution in [3.63, 3.8) is 0 Å². The molecule has 1 aliphatic rings. The molecular formula is C23H26N4O4S. The van der Waals surface area contributed by atoms with Crippen LogP contribution in [0.15, 0.2) is 59.6 Å². The van der Waals surface area contributed by atoms with Gasteiger partial charge in [-0.25, -0.2) is 9.97 Å². The van der Waals surface area contributed by atoms with Gasteiger partial charge in [0, 0.05) is 35.9 Å². The quantitative estimate of drug-likeness (QED) is 0.560. The number of hydrogen-bond acceptors (Lipinski definition) is 7. The van der Waals surface area contributed by atoms with Gasteiger partial charge in [0.15, 0.2) is 0 Å². The number of aromatic nitrogens is 2. The predicted octanol–water partition coefficient (Wildman–Crippen LogP) is 2.48. The molecule has 0 radical (unpaired) electrons. The van der Waals surface area contributed by atoms with E-state index in [1.165, 1.54) is 11.9 Å². The van der Waals surface area contributed by atoms with Crippen molar-refractivity contribution in [3.05, 3.63) is 71.7 Å². The molecule has 0 saturated carbocycles. The minimum Gasteiger partial charge on any atom is -0.489 e. The smallest absolute Gasteiger partial charge is 0.137 e. The Balaban J connectivity index is 0.00000181. The molecule has 0 spiro atoms. The van der Waals surface area contributed by atoms with Gasteiger partial charge < -0.3 is 20.4 Å². The molecule has 32 heavy (non-hydrogen) atoms. The highest BCUT2D eigenvalue weighted by atomic mass is 32.2. The average molecular weight is 455 g/mol. The van der Waals surface area contributed by atoms with Gasteiger partial charge in [0.25, 0.3) is 0 Å². The van der Waals surface area contributed by atoms with Gasteiger partial charge in [0.05, 0.1) is 24.5 Å². The molecule has 0 unspecified atom stereocenters. The standard InChI is InChI=1S/C23H22N4O2S.2H2O/c24-15-18-14-17(4-5-22(18)29-19-7-10-28-11-8-19)21-6-9-26-23(27-21)13-16-2-1-3-20(12-16)30-25;;/h1-6,9,12,14,19H,7-8,10-11,13,25H2;2*1H2. The Morgan fingerprint density at radius 1 is 1.12 bits per heavy atom. The Morgan fingerprint density at radius 3 is 2.69 bits per heavy atom. The highest BCUT2D eigenvalue weighted by Crippen LogP contribution is 2.27. The highest BCUT2D eigenvalue weighted by Gasteiger charge is 2.17. The van der Waals surface area contributed by atoms with Crippen molar-refractivity contribution < 1.29 is 20.4 Å². The Kier molecular flexibility index (Phi) is 9.59. The Hall–Kier alpha value is -3.00. The fourth-order valence-corrected chi connectivity index (χ4v) is 3.79. The van der Waals surface area contributed by atoms with E-state index in [-0.39, 0.29) is 17.1 Å². The van der Waals surface area contributed by atoms with Crippen molar-refractivity contribution in [2.45, 2.75) is 30.3 Å². The summed E-state index contributed by atoms with van der Waals surface area (Å²) in [6.07, 6.45) is 4.12. The number of nitriles is 1. The molecule has 0 amide bonds.